The Morgan fingerprint density at radius 2 is 2.00 bits per heavy atom. The van der Waals surface area contributed by atoms with Crippen LogP contribution in [0.4, 0.5) is 5.82 Å². The van der Waals surface area contributed by atoms with Gasteiger partial charge in [-0.3, -0.25) is 4.79 Å². The monoisotopic (exact) mass is 393 g/mol. The molecule has 0 atom stereocenters. The minimum Gasteiger partial charge on any atom is -0.305 e. The lowest BCUT2D eigenvalue weighted by molar-refractivity contribution is 0.102. The van der Waals surface area contributed by atoms with Crippen LogP contribution >= 0.6 is 45.8 Å². The second-order valence-corrected chi connectivity index (χ2v) is 5.29. The fourth-order valence-electron chi connectivity index (χ4n) is 1.23. The Balaban J connectivity index is 2.21. The Kier molecular flexibility index (Phi) is 4.36. The average Bonchev–Trinajstić information content (AvgIpc) is 2.35. The third kappa shape index (κ3) is 3.30. The zero-order chi connectivity index (χ0) is 13.1. The zero-order valence-corrected chi connectivity index (χ0v) is 12.5. The van der Waals surface area contributed by atoms with E-state index >= 15 is 0 Å². The lowest BCUT2D eigenvalue weighted by atomic mass is 10.2. The molecule has 1 aromatic carbocycles. The molecule has 1 heterocycles. The number of carbonyl (C=O) groups is 1. The number of halogens is 3. The number of anilines is 1. The van der Waals surface area contributed by atoms with Gasteiger partial charge in [0.2, 0.25) is 0 Å². The highest BCUT2D eigenvalue weighted by molar-refractivity contribution is 14.1. The van der Waals surface area contributed by atoms with Crippen LogP contribution in [0.1, 0.15) is 10.4 Å². The van der Waals surface area contributed by atoms with Gasteiger partial charge in [-0.15, -0.1) is 0 Å². The molecule has 0 saturated carbocycles. The molecule has 18 heavy (non-hydrogen) atoms. The summed E-state index contributed by atoms with van der Waals surface area (Å²) in [6.45, 7) is 0. The van der Waals surface area contributed by atoms with E-state index in [4.69, 9.17) is 23.2 Å². The molecule has 0 fully saturated rings. The van der Waals surface area contributed by atoms with Gasteiger partial charge in [-0.1, -0.05) is 23.2 Å². The summed E-state index contributed by atoms with van der Waals surface area (Å²) in [6.07, 6.45) is 2.75. The number of amides is 1. The molecule has 1 aromatic heterocycles. The number of carbonyl (C=O) groups excluding carboxylic acids is 1. The molecule has 0 aliphatic carbocycles. The number of aromatic nitrogens is 2. The lowest BCUT2D eigenvalue weighted by Gasteiger charge is -2.06. The van der Waals surface area contributed by atoms with Crippen molar-refractivity contribution in [3.05, 3.63) is 49.9 Å². The van der Waals surface area contributed by atoms with Gasteiger partial charge in [0.25, 0.3) is 5.91 Å². The van der Waals surface area contributed by atoms with Gasteiger partial charge in [0, 0.05) is 8.59 Å². The van der Waals surface area contributed by atoms with Crippen LogP contribution in [0.15, 0.2) is 30.6 Å². The molecule has 0 aliphatic rings. The van der Waals surface area contributed by atoms with Crippen molar-refractivity contribution in [2.24, 2.45) is 0 Å². The Labute approximate surface area is 127 Å². The van der Waals surface area contributed by atoms with Gasteiger partial charge in [0.15, 0.2) is 5.82 Å². The van der Waals surface area contributed by atoms with Crippen LogP contribution in [0.2, 0.25) is 10.2 Å². The Morgan fingerprint density at radius 3 is 2.67 bits per heavy atom. The van der Waals surface area contributed by atoms with Crippen molar-refractivity contribution in [1.29, 1.82) is 0 Å². The predicted molar refractivity (Wildman–Crippen MR) is 79.2 cm³/mol. The summed E-state index contributed by atoms with van der Waals surface area (Å²) in [4.78, 5) is 19.8. The molecule has 4 nitrogen and oxygen atoms in total. The van der Waals surface area contributed by atoms with E-state index in [1.807, 2.05) is 0 Å². The summed E-state index contributed by atoms with van der Waals surface area (Å²) in [5.74, 6) is 0.0405. The van der Waals surface area contributed by atoms with E-state index in [1.54, 1.807) is 18.2 Å². The molecule has 0 aliphatic heterocycles. The number of hydrogen-bond donors (Lipinski definition) is 1. The van der Waals surface area contributed by atoms with Crippen LogP contribution in [-0.4, -0.2) is 15.9 Å². The predicted octanol–water partition coefficient (Wildman–Crippen LogP) is 3.64. The van der Waals surface area contributed by atoms with E-state index < -0.39 is 0 Å². The van der Waals surface area contributed by atoms with Crippen LogP contribution in [-0.2, 0) is 0 Å². The maximum Gasteiger partial charge on any atom is 0.257 e. The maximum absolute atomic E-state index is 12.0. The summed E-state index contributed by atoms with van der Waals surface area (Å²) >= 11 is 13.5. The minimum absolute atomic E-state index is 0.269. The Hall–Kier alpha value is -0.920. The van der Waals surface area contributed by atoms with Gasteiger partial charge in [0.1, 0.15) is 5.15 Å². The molecule has 7 heteroatoms. The minimum atomic E-state index is -0.293. The van der Waals surface area contributed by atoms with Crippen molar-refractivity contribution in [2.75, 3.05) is 5.32 Å². The topological polar surface area (TPSA) is 54.9 Å². The van der Waals surface area contributed by atoms with Crippen molar-refractivity contribution in [2.45, 2.75) is 0 Å². The SMILES string of the molecule is O=C(Nc1cnc(Cl)cn1)c1cc(Cl)ccc1I. The van der Waals surface area contributed by atoms with Gasteiger partial charge in [-0.25, -0.2) is 9.97 Å². The third-order valence-electron chi connectivity index (χ3n) is 2.03. The van der Waals surface area contributed by atoms with Crippen LogP contribution in [0, 0.1) is 3.57 Å². The Bertz CT molecular complexity index is 589. The number of hydrogen-bond acceptors (Lipinski definition) is 3. The molecule has 92 valence electrons. The first-order chi connectivity index (χ1) is 8.56. The van der Waals surface area contributed by atoms with Crippen molar-refractivity contribution >= 4 is 57.5 Å². The molecule has 0 unspecified atom stereocenters. The van der Waals surface area contributed by atoms with E-state index in [9.17, 15) is 4.79 Å². The molecule has 0 spiro atoms. The van der Waals surface area contributed by atoms with Gasteiger partial charge >= 0.3 is 0 Å². The summed E-state index contributed by atoms with van der Waals surface area (Å²) in [5, 5.41) is 3.39. The maximum atomic E-state index is 12.0. The first kappa shape index (κ1) is 13.5. The summed E-state index contributed by atoms with van der Waals surface area (Å²) in [5.41, 5.74) is 0.486. The van der Waals surface area contributed by atoms with Crippen molar-refractivity contribution in [1.82, 2.24) is 9.97 Å². The fraction of sp³-hybridized carbons (Fsp3) is 0. The lowest BCUT2D eigenvalue weighted by Crippen LogP contribution is -2.14. The van der Waals surface area contributed by atoms with Crippen LogP contribution < -0.4 is 5.32 Å². The largest absolute Gasteiger partial charge is 0.305 e. The van der Waals surface area contributed by atoms with Gasteiger partial charge < -0.3 is 5.32 Å². The molecular weight excluding hydrogens is 388 g/mol. The second kappa shape index (κ2) is 5.81. The van der Waals surface area contributed by atoms with Gasteiger partial charge in [-0.2, -0.15) is 0 Å². The molecule has 0 saturated heterocycles. The van der Waals surface area contributed by atoms with Crippen LogP contribution in [0.5, 0.6) is 0 Å². The molecular formula is C11H6Cl2IN3O. The van der Waals surface area contributed by atoms with Crippen LogP contribution in [0.3, 0.4) is 0 Å². The normalized spacial score (nSPS) is 10.2. The van der Waals surface area contributed by atoms with E-state index in [-0.39, 0.29) is 11.1 Å². The highest BCUT2D eigenvalue weighted by atomic mass is 127. The molecule has 2 aromatic rings. The summed E-state index contributed by atoms with van der Waals surface area (Å²) in [6, 6.07) is 5.09. The molecule has 0 bridgehead atoms. The van der Waals surface area contributed by atoms with Gasteiger partial charge in [0.05, 0.1) is 18.0 Å². The quantitative estimate of drug-likeness (QED) is 0.792. The van der Waals surface area contributed by atoms with Crippen LogP contribution in [0.25, 0.3) is 0 Å². The first-order valence-electron chi connectivity index (χ1n) is 4.80. The number of benzene rings is 1. The number of nitrogens with zero attached hydrogens (tertiary/aromatic N) is 2. The van der Waals surface area contributed by atoms with E-state index in [2.05, 4.69) is 37.9 Å². The zero-order valence-electron chi connectivity index (χ0n) is 8.82. The standard InChI is InChI=1S/C11H6Cl2IN3O/c12-6-1-2-8(14)7(3-6)11(18)17-10-5-15-9(13)4-16-10/h1-5H,(H,16,17,18). The second-order valence-electron chi connectivity index (χ2n) is 3.30. The molecule has 0 radical (unpaired) electrons. The molecule has 1 N–H and O–H groups in total. The van der Waals surface area contributed by atoms with Crippen molar-refractivity contribution in [3.63, 3.8) is 0 Å². The fourth-order valence-corrected chi connectivity index (χ4v) is 2.08. The van der Waals surface area contributed by atoms with Gasteiger partial charge in [-0.05, 0) is 40.8 Å². The highest BCUT2D eigenvalue weighted by Crippen LogP contribution is 2.19. The molecule has 1 amide bonds. The first-order valence-corrected chi connectivity index (χ1v) is 6.63. The third-order valence-corrected chi connectivity index (χ3v) is 3.41. The molecule has 2 rings (SSSR count). The van der Waals surface area contributed by atoms with E-state index in [1.165, 1.54) is 12.4 Å². The summed E-state index contributed by atoms with van der Waals surface area (Å²) < 4.78 is 0.802. The Morgan fingerprint density at radius 1 is 1.22 bits per heavy atom. The number of rotatable bonds is 2. The smallest absolute Gasteiger partial charge is 0.257 e. The van der Waals surface area contributed by atoms with Crippen molar-refractivity contribution < 1.29 is 4.79 Å². The summed E-state index contributed by atoms with van der Waals surface area (Å²) in [7, 11) is 0. The van der Waals surface area contributed by atoms with E-state index in [0.717, 1.165) is 3.57 Å². The van der Waals surface area contributed by atoms with Crippen molar-refractivity contribution in [3.8, 4) is 0 Å². The number of nitrogens with one attached hydrogen (secondary N) is 1. The highest BCUT2D eigenvalue weighted by Gasteiger charge is 2.11. The van der Waals surface area contributed by atoms with E-state index in [0.29, 0.717) is 16.4 Å². The average molecular weight is 394 g/mol.